The van der Waals surface area contributed by atoms with E-state index in [-0.39, 0.29) is 21.5 Å². The fourth-order valence-corrected chi connectivity index (χ4v) is 3.75. The molecule has 0 aliphatic heterocycles. The molecule has 1 aromatic carbocycles. The zero-order chi connectivity index (χ0) is 20.1. The first-order valence-corrected chi connectivity index (χ1v) is 9.49. The Morgan fingerprint density at radius 2 is 1.93 bits per heavy atom. The summed E-state index contributed by atoms with van der Waals surface area (Å²) >= 11 is 13.1. The van der Waals surface area contributed by atoms with Gasteiger partial charge in [-0.05, 0) is 44.5 Å². The second kappa shape index (κ2) is 9.05. The predicted molar refractivity (Wildman–Crippen MR) is 108 cm³/mol. The number of rotatable bonds is 5. The Bertz CT molecular complexity index is 938. The van der Waals surface area contributed by atoms with Crippen molar-refractivity contribution in [1.82, 2.24) is 0 Å². The van der Waals surface area contributed by atoms with Gasteiger partial charge in [-0.2, -0.15) is 5.26 Å². The van der Waals surface area contributed by atoms with Crippen LogP contribution < -0.4 is 5.32 Å². The van der Waals surface area contributed by atoms with Crippen molar-refractivity contribution in [3.63, 3.8) is 0 Å². The summed E-state index contributed by atoms with van der Waals surface area (Å²) in [7, 11) is 0. The Hall–Kier alpha value is -2.33. The van der Waals surface area contributed by atoms with Gasteiger partial charge in [-0.1, -0.05) is 29.3 Å². The maximum Gasteiger partial charge on any atom is 0.348 e. The van der Waals surface area contributed by atoms with Crippen molar-refractivity contribution in [3.05, 3.63) is 55.9 Å². The van der Waals surface area contributed by atoms with Gasteiger partial charge in [-0.25, -0.2) is 4.79 Å². The number of carbonyl (C=O) groups excluding carboxylic acids is 2. The smallest absolute Gasteiger partial charge is 0.348 e. The first-order chi connectivity index (χ1) is 12.7. The number of ether oxygens (including phenoxy) is 1. The number of anilines is 1. The van der Waals surface area contributed by atoms with Crippen LogP contribution in [-0.2, 0) is 9.53 Å². The second-order valence-corrected chi connectivity index (χ2v) is 7.62. The Labute approximate surface area is 171 Å². The van der Waals surface area contributed by atoms with E-state index in [2.05, 4.69) is 5.32 Å². The average molecular weight is 423 g/mol. The highest BCUT2D eigenvalue weighted by molar-refractivity contribution is 7.18. The topological polar surface area (TPSA) is 79.2 Å². The number of nitrogens with zero attached hydrogens (tertiary/aromatic N) is 1. The molecule has 0 aliphatic rings. The molecule has 2 aromatic rings. The summed E-state index contributed by atoms with van der Waals surface area (Å²) in [4.78, 5) is 24.7. The van der Waals surface area contributed by atoms with Crippen LogP contribution in [0.4, 0.5) is 5.00 Å². The first kappa shape index (κ1) is 21.0. The molecular weight excluding hydrogens is 407 g/mol. The fraction of sp³-hybridized carbons (Fsp3) is 0.211. The highest BCUT2D eigenvalue weighted by Crippen LogP contribution is 2.33. The van der Waals surface area contributed by atoms with Gasteiger partial charge in [0.15, 0.2) is 0 Å². The van der Waals surface area contributed by atoms with Gasteiger partial charge in [0.1, 0.15) is 15.9 Å². The summed E-state index contributed by atoms with van der Waals surface area (Å²) in [6.45, 7) is 5.11. The molecule has 1 aromatic heterocycles. The number of nitrogens with one attached hydrogen (secondary N) is 1. The van der Waals surface area contributed by atoms with Crippen LogP contribution >= 0.6 is 34.5 Å². The van der Waals surface area contributed by atoms with E-state index in [1.165, 1.54) is 12.2 Å². The van der Waals surface area contributed by atoms with Crippen LogP contribution in [0.15, 0.2) is 24.3 Å². The van der Waals surface area contributed by atoms with Gasteiger partial charge in [-0.15, -0.1) is 11.3 Å². The van der Waals surface area contributed by atoms with Crippen LogP contribution in [0.25, 0.3) is 6.08 Å². The van der Waals surface area contributed by atoms with Gasteiger partial charge in [0.05, 0.1) is 11.7 Å². The number of halogens is 2. The van der Waals surface area contributed by atoms with Crippen LogP contribution in [0, 0.1) is 18.3 Å². The van der Waals surface area contributed by atoms with E-state index in [1.54, 1.807) is 39.0 Å². The van der Waals surface area contributed by atoms with Gasteiger partial charge >= 0.3 is 5.97 Å². The molecule has 1 heterocycles. The number of nitriles is 1. The van der Waals surface area contributed by atoms with Crippen LogP contribution in [0.1, 0.15) is 40.2 Å². The second-order valence-electron chi connectivity index (χ2n) is 5.78. The minimum Gasteiger partial charge on any atom is -0.459 e. The lowest BCUT2D eigenvalue weighted by atomic mass is 10.1. The van der Waals surface area contributed by atoms with E-state index in [0.717, 1.165) is 11.3 Å². The minimum atomic E-state index is -0.525. The molecule has 8 heteroatoms. The molecule has 0 bridgehead atoms. The molecule has 0 atom stereocenters. The number of hydrogen-bond acceptors (Lipinski definition) is 5. The minimum absolute atomic E-state index is 0.230. The van der Waals surface area contributed by atoms with Crippen molar-refractivity contribution in [1.29, 1.82) is 5.26 Å². The highest BCUT2D eigenvalue weighted by Gasteiger charge is 2.22. The molecule has 0 aliphatic carbocycles. The van der Waals surface area contributed by atoms with E-state index < -0.39 is 11.9 Å². The number of hydrogen-bond donors (Lipinski definition) is 1. The van der Waals surface area contributed by atoms with Crippen molar-refractivity contribution in [3.8, 4) is 6.07 Å². The fourth-order valence-electron chi connectivity index (χ4n) is 2.18. The molecule has 0 radical (unpaired) electrons. The Kier molecular flexibility index (Phi) is 7.03. The van der Waals surface area contributed by atoms with Gasteiger partial charge in [-0.3, -0.25) is 4.79 Å². The molecule has 0 unspecified atom stereocenters. The number of carbonyl (C=O) groups is 2. The standard InChI is InChI=1S/C19H16Cl2N2O3S/c1-10(2)26-19(25)17-11(3)13(9-22)18(27-17)23-16(24)8-7-12-14(20)5-4-6-15(12)21/h4-8,10H,1-3H3,(H,23,24). The summed E-state index contributed by atoms with van der Waals surface area (Å²) in [6, 6.07) is 7.03. The molecule has 0 spiro atoms. The largest absolute Gasteiger partial charge is 0.459 e. The number of thiophene rings is 1. The Balaban J connectivity index is 2.24. The molecule has 5 nitrogen and oxygen atoms in total. The monoisotopic (exact) mass is 422 g/mol. The van der Waals surface area contributed by atoms with E-state index in [0.29, 0.717) is 21.2 Å². The molecule has 1 N–H and O–H groups in total. The first-order valence-electron chi connectivity index (χ1n) is 7.92. The normalized spacial score (nSPS) is 10.9. The van der Waals surface area contributed by atoms with Crippen LogP contribution in [0.3, 0.4) is 0 Å². The average Bonchev–Trinajstić information content (AvgIpc) is 2.89. The van der Waals surface area contributed by atoms with Gasteiger partial charge in [0.25, 0.3) is 0 Å². The molecule has 27 heavy (non-hydrogen) atoms. The molecule has 0 fully saturated rings. The zero-order valence-corrected chi connectivity index (χ0v) is 17.1. The lowest BCUT2D eigenvalue weighted by molar-refractivity contribution is -0.111. The lowest BCUT2D eigenvalue weighted by Crippen LogP contribution is -2.11. The lowest BCUT2D eigenvalue weighted by Gasteiger charge is -2.06. The highest BCUT2D eigenvalue weighted by atomic mass is 35.5. The summed E-state index contributed by atoms with van der Waals surface area (Å²) in [5.74, 6) is -1.00. The SMILES string of the molecule is Cc1c(C(=O)OC(C)C)sc(NC(=O)C=Cc2c(Cl)cccc2Cl)c1C#N. The van der Waals surface area contributed by atoms with Crippen molar-refractivity contribution in [2.75, 3.05) is 5.32 Å². The number of esters is 1. The Morgan fingerprint density at radius 3 is 2.48 bits per heavy atom. The number of benzene rings is 1. The summed E-state index contributed by atoms with van der Waals surface area (Å²) in [6.07, 6.45) is 2.46. The van der Waals surface area contributed by atoms with Crippen molar-refractivity contribution in [2.24, 2.45) is 0 Å². The van der Waals surface area contributed by atoms with E-state index in [1.807, 2.05) is 6.07 Å². The van der Waals surface area contributed by atoms with Crippen molar-refractivity contribution >= 4 is 57.5 Å². The van der Waals surface area contributed by atoms with Gasteiger partial charge in [0.2, 0.25) is 5.91 Å². The summed E-state index contributed by atoms with van der Waals surface area (Å²) < 4.78 is 5.17. The summed E-state index contributed by atoms with van der Waals surface area (Å²) in [5, 5.41) is 13.1. The Morgan fingerprint density at radius 1 is 1.30 bits per heavy atom. The van der Waals surface area contributed by atoms with E-state index >= 15 is 0 Å². The molecular formula is C19H16Cl2N2O3S. The van der Waals surface area contributed by atoms with Crippen LogP contribution in [-0.4, -0.2) is 18.0 Å². The van der Waals surface area contributed by atoms with Crippen molar-refractivity contribution < 1.29 is 14.3 Å². The number of amides is 1. The summed E-state index contributed by atoms with van der Waals surface area (Å²) in [5.41, 5.74) is 1.22. The third-order valence-electron chi connectivity index (χ3n) is 3.42. The maximum atomic E-state index is 12.2. The maximum absolute atomic E-state index is 12.2. The third kappa shape index (κ3) is 5.10. The van der Waals surface area contributed by atoms with Crippen LogP contribution in [0.2, 0.25) is 10.0 Å². The molecule has 140 valence electrons. The molecule has 0 saturated carbocycles. The predicted octanol–water partition coefficient (Wildman–Crippen LogP) is 5.45. The third-order valence-corrected chi connectivity index (χ3v) is 5.27. The molecule has 0 saturated heterocycles. The van der Waals surface area contributed by atoms with Crippen molar-refractivity contribution in [2.45, 2.75) is 26.9 Å². The quantitative estimate of drug-likeness (QED) is 0.512. The van der Waals surface area contributed by atoms with E-state index in [9.17, 15) is 14.9 Å². The molecule has 1 amide bonds. The van der Waals surface area contributed by atoms with Gasteiger partial charge < -0.3 is 10.1 Å². The van der Waals surface area contributed by atoms with E-state index in [4.69, 9.17) is 27.9 Å². The van der Waals surface area contributed by atoms with Crippen LogP contribution in [0.5, 0.6) is 0 Å². The zero-order valence-electron chi connectivity index (χ0n) is 14.8. The molecule has 2 rings (SSSR count). The van der Waals surface area contributed by atoms with Gasteiger partial charge in [0, 0.05) is 21.7 Å².